The summed E-state index contributed by atoms with van der Waals surface area (Å²) < 4.78 is 46.6. The first kappa shape index (κ1) is 21.7. The Morgan fingerprint density at radius 1 is 1.06 bits per heavy atom. The topological polar surface area (TPSA) is 101 Å². The number of rotatable bonds is 8. The van der Waals surface area contributed by atoms with E-state index >= 15 is 0 Å². The number of carbonyl (C=O) groups is 1. The molecular weight excluding hydrogens is 453 g/mol. The molecule has 0 fully saturated rings. The first-order valence-corrected chi connectivity index (χ1v) is 11.9. The molecule has 0 saturated carbocycles. The van der Waals surface area contributed by atoms with Gasteiger partial charge in [-0.1, -0.05) is 12.1 Å². The molecule has 0 bridgehead atoms. The molecule has 2 N–H and O–H groups in total. The van der Waals surface area contributed by atoms with Crippen LogP contribution >= 0.6 is 11.3 Å². The summed E-state index contributed by atoms with van der Waals surface area (Å²) in [5, 5.41) is 4.66. The van der Waals surface area contributed by atoms with Crippen LogP contribution in [0.4, 0.5) is 15.2 Å². The van der Waals surface area contributed by atoms with Crippen molar-refractivity contribution in [2.45, 2.75) is 17.7 Å². The molecule has 0 aliphatic carbocycles. The maximum atomic E-state index is 13.9. The van der Waals surface area contributed by atoms with Crippen LogP contribution in [-0.4, -0.2) is 19.3 Å². The van der Waals surface area contributed by atoms with Crippen molar-refractivity contribution in [3.8, 4) is 11.3 Å². The van der Waals surface area contributed by atoms with E-state index in [0.717, 1.165) is 0 Å². The molecule has 2 heterocycles. The van der Waals surface area contributed by atoms with Crippen LogP contribution in [0.5, 0.6) is 0 Å². The molecule has 10 heteroatoms. The van der Waals surface area contributed by atoms with Gasteiger partial charge in [-0.15, -0.1) is 11.3 Å². The number of carbonyl (C=O) groups excluding carboxylic acids is 1. The van der Waals surface area contributed by atoms with Crippen molar-refractivity contribution in [3.05, 3.63) is 83.8 Å². The van der Waals surface area contributed by atoms with Crippen molar-refractivity contribution in [1.29, 1.82) is 0 Å². The number of amides is 1. The van der Waals surface area contributed by atoms with Gasteiger partial charge < -0.3 is 9.73 Å². The SMILES string of the molecule is O=C(CCc1ccc(-c2ccccc2F)o1)Nc1ccc(S(=O)(=O)Nc2nccs2)cc1. The third-order valence-corrected chi connectivity index (χ3v) is 6.67. The van der Waals surface area contributed by atoms with Gasteiger partial charge in [-0.25, -0.2) is 17.8 Å². The van der Waals surface area contributed by atoms with E-state index < -0.39 is 10.0 Å². The van der Waals surface area contributed by atoms with E-state index in [-0.39, 0.29) is 28.2 Å². The smallest absolute Gasteiger partial charge is 0.263 e. The van der Waals surface area contributed by atoms with Gasteiger partial charge >= 0.3 is 0 Å². The van der Waals surface area contributed by atoms with Gasteiger partial charge in [-0.2, -0.15) is 0 Å². The first-order valence-electron chi connectivity index (χ1n) is 9.56. The first-order chi connectivity index (χ1) is 15.4. The Bertz CT molecular complexity index is 1320. The fourth-order valence-electron chi connectivity index (χ4n) is 2.94. The van der Waals surface area contributed by atoms with Crippen LogP contribution in [0.15, 0.2) is 81.6 Å². The summed E-state index contributed by atoms with van der Waals surface area (Å²) in [6.45, 7) is 0. The highest BCUT2D eigenvalue weighted by molar-refractivity contribution is 7.93. The van der Waals surface area contributed by atoms with Crippen molar-refractivity contribution in [1.82, 2.24) is 4.98 Å². The van der Waals surface area contributed by atoms with Gasteiger partial charge in [0, 0.05) is 30.1 Å². The third kappa shape index (κ3) is 5.21. The summed E-state index contributed by atoms with van der Waals surface area (Å²) in [5.74, 6) is 0.332. The zero-order valence-electron chi connectivity index (χ0n) is 16.6. The monoisotopic (exact) mass is 471 g/mol. The molecule has 0 saturated heterocycles. The Kier molecular flexibility index (Phi) is 6.33. The molecular formula is C22H18FN3O4S2. The summed E-state index contributed by atoms with van der Waals surface area (Å²) >= 11 is 1.18. The molecule has 7 nitrogen and oxygen atoms in total. The molecule has 0 atom stereocenters. The molecule has 4 rings (SSSR count). The van der Waals surface area contributed by atoms with Crippen molar-refractivity contribution in [2.75, 3.05) is 10.0 Å². The molecule has 32 heavy (non-hydrogen) atoms. The second-order valence-corrected chi connectivity index (χ2v) is 9.34. The Hall–Kier alpha value is -3.50. The summed E-state index contributed by atoms with van der Waals surface area (Å²) in [5.41, 5.74) is 0.831. The number of hydrogen-bond donors (Lipinski definition) is 2. The quantitative estimate of drug-likeness (QED) is 0.380. The molecule has 2 aromatic heterocycles. The number of aromatic nitrogens is 1. The molecule has 2 aromatic carbocycles. The molecule has 4 aromatic rings. The zero-order chi connectivity index (χ0) is 22.6. The number of furan rings is 1. The normalized spacial score (nSPS) is 11.3. The predicted molar refractivity (Wildman–Crippen MR) is 120 cm³/mol. The fraction of sp³-hybridized carbons (Fsp3) is 0.0909. The third-order valence-electron chi connectivity index (χ3n) is 4.50. The molecule has 0 aliphatic heterocycles. The summed E-state index contributed by atoms with van der Waals surface area (Å²) in [4.78, 5) is 16.2. The van der Waals surface area contributed by atoms with Gasteiger partial charge in [-0.05, 0) is 48.5 Å². The maximum Gasteiger partial charge on any atom is 0.263 e. The van der Waals surface area contributed by atoms with Gasteiger partial charge in [0.1, 0.15) is 17.3 Å². The number of hydrogen-bond acceptors (Lipinski definition) is 6. The van der Waals surface area contributed by atoms with Crippen molar-refractivity contribution in [3.63, 3.8) is 0 Å². The minimum atomic E-state index is -3.75. The maximum absolute atomic E-state index is 13.9. The van der Waals surface area contributed by atoms with Gasteiger partial charge in [-0.3, -0.25) is 9.52 Å². The standard InChI is InChI=1S/C22H18FN3O4S2/c23-19-4-2-1-3-18(19)20-11-7-16(30-20)8-12-21(27)25-15-5-9-17(10-6-15)32(28,29)26-22-24-13-14-31-22/h1-7,9-11,13-14H,8,12H2,(H,24,26)(H,25,27). The largest absolute Gasteiger partial charge is 0.461 e. The highest BCUT2D eigenvalue weighted by atomic mass is 32.2. The molecule has 0 spiro atoms. The molecule has 0 radical (unpaired) electrons. The van der Waals surface area contributed by atoms with Crippen LogP contribution in [0.25, 0.3) is 11.3 Å². The number of thiazole rings is 1. The van der Waals surface area contributed by atoms with Gasteiger partial charge in [0.05, 0.1) is 10.5 Å². The molecule has 164 valence electrons. The van der Waals surface area contributed by atoms with E-state index in [1.807, 2.05) is 0 Å². The van der Waals surface area contributed by atoms with Crippen LogP contribution in [0.2, 0.25) is 0 Å². The average molecular weight is 472 g/mol. The van der Waals surface area contributed by atoms with E-state index in [2.05, 4.69) is 15.0 Å². The van der Waals surface area contributed by atoms with E-state index in [9.17, 15) is 17.6 Å². The average Bonchev–Trinajstić information content (AvgIpc) is 3.45. The lowest BCUT2D eigenvalue weighted by Crippen LogP contribution is -2.14. The lowest BCUT2D eigenvalue weighted by Gasteiger charge is -2.08. The molecule has 0 aliphatic rings. The van der Waals surface area contributed by atoms with Crippen molar-refractivity contribution in [2.24, 2.45) is 0 Å². The Balaban J connectivity index is 1.32. The molecule has 0 unspecified atom stereocenters. The van der Waals surface area contributed by atoms with Crippen LogP contribution in [0, 0.1) is 5.82 Å². The minimum Gasteiger partial charge on any atom is -0.461 e. The Morgan fingerprint density at radius 3 is 2.56 bits per heavy atom. The number of benzene rings is 2. The van der Waals surface area contributed by atoms with Crippen LogP contribution < -0.4 is 10.0 Å². The second-order valence-electron chi connectivity index (χ2n) is 6.76. The summed E-state index contributed by atoms with van der Waals surface area (Å²) in [7, 11) is -3.75. The minimum absolute atomic E-state index is 0.0574. The molecule has 1 amide bonds. The number of nitrogens with one attached hydrogen (secondary N) is 2. The highest BCUT2D eigenvalue weighted by Gasteiger charge is 2.16. The van der Waals surface area contributed by atoms with Crippen LogP contribution in [0.3, 0.4) is 0 Å². The number of sulfonamides is 1. The van der Waals surface area contributed by atoms with Crippen LogP contribution in [-0.2, 0) is 21.2 Å². The number of nitrogens with zero attached hydrogens (tertiary/aromatic N) is 1. The summed E-state index contributed by atoms with van der Waals surface area (Å²) in [6.07, 6.45) is 1.99. The van der Waals surface area contributed by atoms with Gasteiger partial charge in [0.25, 0.3) is 10.0 Å². The Labute approximate surface area is 188 Å². The zero-order valence-corrected chi connectivity index (χ0v) is 18.3. The van der Waals surface area contributed by atoms with E-state index in [1.54, 1.807) is 35.7 Å². The van der Waals surface area contributed by atoms with Gasteiger partial charge in [0.2, 0.25) is 5.91 Å². The van der Waals surface area contributed by atoms with Crippen molar-refractivity contribution < 1.29 is 22.0 Å². The summed E-state index contributed by atoms with van der Waals surface area (Å²) in [6, 6.07) is 15.5. The number of aryl methyl sites for hydroxylation is 1. The fourth-order valence-corrected chi connectivity index (χ4v) is 4.73. The van der Waals surface area contributed by atoms with Crippen molar-refractivity contribution >= 4 is 38.1 Å². The van der Waals surface area contributed by atoms with E-state index in [0.29, 0.717) is 29.2 Å². The Morgan fingerprint density at radius 2 is 1.84 bits per heavy atom. The lowest BCUT2D eigenvalue weighted by molar-refractivity contribution is -0.116. The lowest BCUT2D eigenvalue weighted by atomic mass is 10.1. The number of anilines is 2. The predicted octanol–water partition coefficient (Wildman–Crippen LogP) is 4.91. The second kappa shape index (κ2) is 9.33. The van der Waals surface area contributed by atoms with Gasteiger partial charge in [0.15, 0.2) is 5.13 Å². The van der Waals surface area contributed by atoms with E-state index in [4.69, 9.17) is 4.42 Å². The highest BCUT2D eigenvalue weighted by Crippen LogP contribution is 2.25. The van der Waals surface area contributed by atoms with Crippen LogP contribution in [0.1, 0.15) is 12.2 Å². The number of halogens is 1. The van der Waals surface area contributed by atoms with E-state index in [1.165, 1.54) is 47.9 Å².